The van der Waals surface area contributed by atoms with Crippen molar-refractivity contribution in [2.24, 2.45) is 0 Å². The summed E-state index contributed by atoms with van der Waals surface area (Å²) in [7, 11) is 1.73. The second kappa shape index (κ2) is 9.16. The topological polar surface area (TPSA) is 30.5 Å². The second-order valence-corrected chi connectivity index (χ2v) is 3.93. The van der Waals surface area contributed by atoms with E-state index in [2.05, 4.69) is 29.6 Å². The van der Waals surface area contributed by atoms with Gasteiger partial charge < -0.3 is 14.8 Å². The van der Waals surface area contributed by atoms with Crippen LogP contribution in [0.4, 0.5) is 0 Å². The van der Waals surface area contributed by atoms with Gasteiger partial charge in [-0.15, -0.1) is 0 Å². The molecule has 0 amide bonds. The Labute approximate surface area is 104 Å². The fraction of sp³-hybridized carbons (Fsp3) is 0.571. The quantitative estimate of drug-likeness (QED) is 0.669. The zero-order valence-electron chi connectivity index (χ0n) is 10.9. The summed E-state index contributed by atoms with van der Waals surface area (Å²) < 4.78 is 10.5. The Balaban J connectivity index is 2.35. The molecule has 3 heteroatoms. The Hall–Kier alpha value is -0.900. The van der Waals surface area contributed by atoms with E-state index in [1.54, 1.807) is 7.11 Å². The van der Waals surface area contributed by atoms with Gasteiger partial charge in [0.2, 0.25) is 0 Å². The van der Waals surface area contributed by atoms with Crippen LogP contribution in [0.25, 0.3) is 0 Å². The predicted molar refractivity (Wildman–Crippen MR) is 70.0 cm³/mol. The van der Waals surface area contributed by atoms with Crippen molar-refractivity contribution in [2.45, 2.75) is 26.5 Å². The van der Waals surface area contributed by atoms with Crippen LogP contribution in [0.15, 0.2) is 24.3 Å². The molecule has 0 radical (unpaired) electrons. The molecule has 0 atom stereocenters. The van der Waals surface area contributed by atoms with Gasteiger partial charge in [0.25, 0.3) is 0 Å². The Kier molecular flexibility index (Phi) is 7.63. The molecule has 1 aromatic rings. The lowest BCUT2D eigenvalue weighted by Gasteiger charge is -2.10. The van der Waals surface area contributed by atoms with Gasteiger partial charge in [-0.1, -0.05) is 24.3 Å². The number of hydrogen-bond donors (Lipinski definition) is 1. The average molecular weight is 237 g/mol. The van der Waals surface area contributed by atoms with Crippen molar-refractivity contribution in [1.29, 1.82) is 0 Å². The number of methoxy groups -OCH3 is 1. The minimum atomic E-state index is 0.701. The van der Waals surface area contributed by atoms with E-state index in [4.69, 9.17) is 9.47 Å². The molecule has 0 spiro atoms. The maximum Gasteiger partial charge on any atom is 0.0719 e. The van der Waals surface area contributed by atoms with Crippen LogP contribution >= 0.6 is 0 Å². The van der Waals surface area contributed by atoms with Crippen LogP contribution in [0.5, 0.6) is 0 Å². The molecule has 96 valence electrons. The van der Waals surface area contributed by atoms with E-state index in [0.717, 1.165) is 32.7 Å². The van der Waals surface area contributed by atoms with Crippen LogP contribution in [0.2, 0.25) is 0 Å². The third-order valence-electron chi connectivity index (χ3n) is 2.60. The number of hydrogen-bond acceptors (Lipinski definition) is 3. The molecule has 0 saturated heterocycles. The normalized spacial score (nSPS) is 10.7. The Bertz CT molecular complexity index is 302. The van der Waals surface area contributed by atoms with Crippen molar-refractivity contribution >= 4 is 0 Å². The van der Waals surface area contributed by atoms with Crippen molar-refractivity contribution in [1.82, 2.24) is 5.32 Å². The van der Waals surface area contributed by atoms with Gasteiger partial charge in [0.15, 0.2) is 0 Å². The Morgan fingerprint density at radius 2 is 1.94 bits per heavy atom. The molecule has 3 nitrogen and oxygen atoms in total. The number of benzene rings is 1. The summed E-state index contributed by atoms with van der Waals surface area (Å²) >= 11 is 0. The van der Waals surface area contributed by atoms with Crippen LogP contribution in [-0.4, -0.2) is 26.9 Å². The van der Waals surface area contributed by atoms with Crippen LogP contribution in [0, 0.1) is 0 Å². The molecule has 1 aromatic carbocycles. The molecule has 0 aliphatic rings. The van der Waals surface area contributed by atoms with E-state index in [1.807, 2.05) is 6.92 Å². The zero-order valence-corrected chi connectivity index (χ0v) is 10.9. The van der Waals surface area contributed by atoms with E-state index in [0.29, 0.717) is 6.61 Å². The van der Waals surface area contributed by atoms with Crippen molar-refractivity contribution in [3.63, 3.8) is 0 Å². The molecule has 0 aromatic heterocycles. The van der Waals surface area contributed by atoms with Crippen molar-refractivity contribution in [3.05, 3.63) is 35.4 Å². The second-order valence-electron chi connectivity index (χ2n) is 3.93. The number of nitrogens with one attached hydrogen (secondary N) is 1. The summed E-state index contributed by atoms with van der Waals surface area (Å²) in [5.41, 5.74) is 2.59. The summed E-state index contributed by atoms with van der Waals surface area (Å²) in [6.45, 7) is 6.17. The Morgan fingerprint density at radius 1 is 1.18 bits per heavy atom. The molecular weight excluding hydrogens is 214 g/mol. The van der Waals surface area contributed by atoms with Crippen LogP contribution in [0.3, 0.4) is 0 Å². The fourth-order valence-corrected chi connectivity index (χ4v) is 1.65. The highest BCUT2D eigenvalue weighted by Gasteiger charge is 2.00. The summed E-state index contributed by atoms with van der Waals surface area (Å²) in [5, 5.41) is 3.42. The first kappa shape index (κ1) is 14.2. The smallest absolute Gasteiger partial charge is 0.0719 e. The van der Waals surface area contributed by atoms with Crippen molar-refractivity contribution in [3.8, 4) is 0 Å². The predicted octanol–water partition coefficient (Wildman–Crippen LogP) is 2.35. The van der Waals surface area contributed by atoms with Gasteiger partial charge in [-0.25, -0.2) is 0 Å². The lowest BCUT2D eigenvalue weighted by molar-refractivity contribution is 0.133. The minimum absolute atomic E-state index is 0.701. The van der Waals surface area contributed by atoms with Crippen LogP contribution in [-0.2, 0) is 22.6 Å². The molecule has 0 heterocycles. The van der Waals surface area contributed by atoms with Crippen molar-refractivity contribution in [2.75, 3.05) is 26.9 Å². The highest BCUT2D eigenvalue weighted by atomic mass is 16.5. The van der Waals surface area contributed by atoms with Crippen LogP contribution in [0.1, 0.15) is 24.5 Å². The van der Waals surface area contributed by atoms with Gasteiger partial charge in [-0.05, 0) is 31.0 Å². The van der Waals surface area contributed by atoms with Gasteiger partial charge in [0.05, 0.1) is 6.61 Å². The first-order valence-electron chi connectivity index (χ1n) is 6.22. The maximum absolute atomic E-state index is 5.46. The SMILES string of the molecule is CCOCc1ccccc1CNCCCOC. The van der Waals surface area contributed by atoms with E-state index in [9.17, 15) is 0 Å². The monoisotopic (exact) mass is 237 g/mol. The minimum Gasteiger partial charge on any atom is -0.385 e. The molecule has 1 rings (SSSR count). The maximum atomic E-state index is 5.46. The summed E-state index contributed by atoms with van der Waals surface area (Å²) in [6.07, 6.45) is 1.05. The summed E-state index contributed by atoms with van der Waals surface area (Å²) in [5.74, 6) is 0. The molecule has 0 aliphatic heterocycles. The summed E-state index contributed by atoms with van der Waals surface area (Å²) in [6, 6.07) is 8.41. The van der Waals surface area contributed by atoms with E-state index >= 15 is 0 Å². The number of rotatable bonds is 9. The third-order valence-corrected chi connectivity index (χ3v) is 2.60. The molecule has 0 bridgehead atoms. The van der Waals surface area contributed by atoms with Crippen LogP contribution < -0.4 is 5.32 Å². The van der Waals surface area contributed by atoms with Gasteiger partial charge in [0, 0.05) is 26.9 Å². The third kappa shape index (κ3) is 5.82. The lowest BCUT2D eigenvalue weighted by atomic mass is 10.1. The van der Waals surface area contributed by atoms with E-state index in [-0.39, 0.29) is 0 Å². The average Bonchev–Trinajstić information content (AvgIpc) is 2.37. The highest BCUT2D eigenvalue weighted by Crippen LogP contribution is 2.09. The first-order chi connectivity index (χ1) is 8.38. The van der Waals surface area contributed by atoms with Gasteiger partial charge >= 0.3 is 0 Å². The summed E-state index contributed by atoms with van der Waals surface area (Å²) in [4.78, 5) is 0. The van der Waals surface area contributed by atoms with Gasteiger partial charge in [0.1, 0.15) is 0 Å². The molecule has 17 heavy (non-hydrogen) atoms. The Morgan fingerprint density at radius 3 is 2.65 bits per heavy atom. The molecule has 0 fully saturated rings. The first-order valence-corrected chi connectivity index (χ1v) is 6.22. The van der Waals surface area contributed by atoms with E-state index in [1.165, 1.54) is 11.1 Å². The standard InChI is InChI=1S/C14H23NO2/c1-3-17-12-14-8-5-4-7-13(14)11-15-9-6-10-16-2/h4-5,7-8,15H,3,6,9-12H2,1-2H3. The molecular formula is C14H23NO2. The van der Waals surface area contributed by atoms with Gasteiger partial charge in [-0.3, -0.25) is 0 Å². The number of ether oxygens (including phenoxy) is 2. The molecule has 1 N–H and O–H groups in total. The van der Waals surface area contributed by atoms with Gasteiger partial charge in [-0.2, -0.15) is 0 Å². The lowest BCUT2D eigenvalue weighted by Crippen LogP contribution is -2.17. The largest absolute Gasteiger partial charge is 0.385 e. The fourth-order valence-electron chi connectivity index (χ4n) is 1.65. The molecule has 0 saturated carbocycles. The molecule has 0 unspecified atom stereocenters. The highest BCUT2D eigenvalue weighted by molar-refractivity contribution is 5.26. The van der Waals surface area contributed by atoms with Crippen molar-refractivity contribution < 1.29 is 9.47 Å². The van der Waals surface area contributed by atoms with E-state index < -0.39 is 0 Å². The molecule has 0 aliphatic carbocycles. The zero-order chi connectivity index (χ0) is 12.3.